The molecule has 38 heavy (non-hydrogen) atoms. The zero-order chi connectivity index (χ0) is 27.2. The molecule has 2 heterocycles. The van der Waals surface area contributed by atoms with Crippen LogP contribution in [0, 0.1) is 0 Å². The number of methoxy groups -OCH3 is 1. The van der Waals surface area contributed by atoms with Crippen molar-refractivity contribution in [3.8, 4) is 5.75 Å². The summed E-state index contributed by atoms with van der Waals surface area (Å²) in [6, 6.07) is 16.5. The second-order valence-electron chi connectivity index (χ2n) is 9.06. The van der Waals surface area contributed by atoms with Gasteiger partial charge in [0, 0.05) is 42.0 Å². The molecule has 4 rings (SSSR count). The molecule has 0 aliphatic rings. The van der Waals surface area contributed by atoms with E-state index in [1.807, 2.05) is 48.3 Å². The van der Waals surface area contributed by atoms with Crippen LogP contribution in [-0.2, 0) is 20.1 Å². The predicted molar refractivity (Wildman–Crippen MR) is 150 cm³/mol. The summed E-state index contributed by atoms with van der Waals surface area (Å²) in [7, 11) is 5.23. The van der Waals surface area contributed by atoms with Crippen molar-refractivity contribution < 1.29 is 19.1 Å². The Bertz CT molecular complexity index is 1450. The van der Waals surface area contributed by atoms with Gasteiger partial charge in [-0.3, -0.25) is 14.5 Å². The van der Waals surface area contributed by atoms with E-state index < -0.39 is 12.0 Å². The second-order valence-corrected chi connectivity index (χ2v) is 10.6. The largest absolute Gasteiger partial charge is 0.497 e. The number of fused-ring (bicyclic) bond motifs is 1. The van der Waals surface area contributed by atoms with Gasteiger partial charge in [-0.1, -0.05) is 23.7 Å². The molecule has 2 aromatic carbocycles. The van der Waals surface area contributed by atoms with Gasteiger partial charge in [-0.25, -0.2) is 0 Å². The topological polar surface area (TPSA) is 96.9 Å². The number of benzene rings is 2. The number of carbonyl (C=O) groups excluding carboxylic acids is 1. The fourth-order valence-corrected chi connectivity index (χ4v) is 4.98. The first-order valence-corrected chi connectivity index (χ1v) is 13.4. The first-order chi connectivity index (χ1) is 18.2. The van der Waals surface area contributed by atoms with Crippen molar-refractivity contribution in [1.29, 1.82) is 0 Å². The summed E-state index contributed by atoms with van der Waals surface area (Å²) in [5.74, 6) is 1.44. The zero-order valence-electron chi connectivity index (χ0n) is 21.4. The van der Waals surface area contributed by atoms with E-state index in [4.69, 9.17) is 20.8 Å². The molecular weight excluding hydrogens is 526 g/mol. The van der Waals surface area contributed by atoms with Crippen molar-refractivity contribution in [2.45, 2.75) is 24.1 Å². The molecule has 0 bridgehead atoms. The Labute approximate surface area is 230 Å². The van der Waals surface area contributed by atoms with Gasteiger partial charge in [-0.15, -0.1) is 11.8 Å². The molecule has 2 aromatic heterocycles. The van der Waals surface area contributed by atoms with Gasteiger partial charge in [-0.05, 0) is 55.1 Å². The van der Waals surface area contributed by atoms with Gasteiger partial charge in [0.1, 0.15) is 17.1 Å². The minimum Gasteiger partial charge on any atom is -0.497 e. The average Bonchev–Trinajstić information content (AvgIpc) is 3.34. The van der Waals surface area contributed by atoms with Crippen LogP contribution in [0.15, 0.2) is 74.9 Å². The number of aliphatic hydroxyl groups excluding tert-OH is 1. The SMILES string of the molecule is COc1ccc(SCC(O)CN(C)Cc2cc3c(=O)c(C(=O)NCc4ccc(Cl)cc4)cn(C)c3o2)cc1. The minimum absolute atomic E-state index is 0.0423. The van der Waals surface area contributed by atoms with E-state index in [-0.39, 0.29) is 17.5 Å². The Hall–Kier alpha value is -3.24. The molecular formula is C28H30ClN3O5S. The molecule has 0 aliphatic carbocycles. The summed E-state index contributed by atoms with van der Waals surface area (Å²) in [5.41, 5.74) is 0.920. The van der Waals surface area contributed by atoms with Gasteiger partial charge >= 0.3 is 0 Å². The summed E-state index contributed by atoms with van der Waals surface area (Å²) in [4.78, 5) is 28.9. The van der Waals surface area contributed by atoms with E-state index in [0.29, 0.717) is 40.7 Å². The Morgan fingerprint density at radius 2 is 1.92 bits per heavy atom. The van der Waals surface area contributed by atoms with Crippen LogP contribution in [0.1, 0.15) is 21.7 Å². The number of carbonyl (C=O) groups is 1. The van der Waals surface area contributed by atoms with Crippen LogP contribution in [-0.4, -0.2) is 53.0 Å². The van der Waals surface area contributed by atoms with Gasteiger partial charge < -0.3 is 24.1 Å². The van der Waals surface area contributed by atoms with Crippen LogP contribution in [0.3, 0.4) is 0 Å². The number of hydrogen-bond donors (Lipinski definition) is 2. The number of aromatic nitrogens is 1. The number of ether oxygens (including phenoxy) is 1. The zero-order valence-corrected chi connectivity index (χ0v) is 23.0. The second kappa shape index (κ2) is 12.5. The molecule has 0 aliphatic heterocycles. The first-order valence-electron chi connectivity index (χ1n) is 12.0. The number of likely N-dealkylation sites (N-methyl/N-ethyl adjacent to an activating group) is 1. The van der Waals surface area contributed by atoms with Gasteiger partial charge in [0.05, 0.1) is 25.1 Å². The fraction of sp³-hybridized carbons (Fsp3) is 0.286. The highest BCUT2D eigenvalue weighted by Gasteiger charge is 2.19. The van der Waals surface area contributed by atoms with Crippen LogP contribution in [0.5, 0.6) is 5.75 Å². The Morgan fingerprint density at radius 1 is 1.21 bits per heavy atom. The van der Waals surface area contributed by atoms with Crippen LogP contribution in [0.25, 0.3) is 11.1 Å². The molecule has 0 spiro atoms. The molecule has 8 nitrogen and oxygen atoms in total. The third kappa shape index (κ3) is 6.99. The number of amides is 1. The number of rotatable bonds is 11. The maximum absolute atomic E-state index is 13.1. The number of pyridine rings is 1. The molecule has 0 saturated heterocycles. The Kier molecular flexibility index (Phi) is 9.17. The highest BCUT2D eigenvalue weighted by Crippen LogP contribution is 2.23. The number of aryl methyl sites for hydroxylation is 1. The van der Waals surface area contributed by atoms with E-state index >= 15 is 0 Å². The standard InChI is InChI=1S/C28H30ClN3O5S/c1-31(14-20(33)17-38-23-10-8-21(36-3)9-11-23)15-22-12-24-26(34)25(16-32(2)28(24)37-22)27(35)30-13-18-4-6-19(29)7-5-18/h4-12,16,20,33H,13-15,17H2,1-3H3,(H,30,35). The maximum atomic E-state index is 13.1. The smallest absolute Gasteiger partial charge is 0.257 e. The minimum atomic E-state index is -0.557. The molecule has 2 N–H and O–H groups in total. The predicted octanol–water partition coefficient (Wildman–Crippen LogP) is 4.31. The molecule has 4 aromatic rings. The van der Waals surface area contributed by atoms with Crippen molar-refractivity contribution in [2.75, 3.05) is 26.5 Å². The number of nitrogens with zero attached hydrogens (tertiary/aromatic N) is 2. The summed E-state index contributed by atoms with van der Waals surface area (Å²) in [5, 5.41) is 14.2. The Balaban J connectivity index is 1.37. The highest BCUT2D eigenvalue weighted by atomic mass is 35.5. The number of halogens is 1. The molecule has 0 saturated carbocycles. The van der Waals surface area contributed by atoms with Crippen molar-refractivity contribution in [3.63, 3.8) is 0 Å². The molecule has 1 amide bonds. The molecule has 0 radical (unpaired) electrons. The molecule has 1 atom stereocenters. The summed E-state index contributed by atoms with van der Waals surface area (Å²) in [6.07, 6.45) is 0.928. The quantitative estimate of drug-likeness (QED) is 0.266. The number of aliphatic hydroxyl groups is 1. The van der Waals surface area contributed by atoms with Gasteiger partial charge in [0.2, 0.25) is 11.1 Å². The lowest BCUT2D eigenvalue weighted by Crippen LogP contribution is -2.30. The van der Waals surface area contributed by atoms with Gasteiger partial charge in [-0.2, -0.15) is 0 Å². The molecule has 10 heteroatoms. The third-order valence-corrected chi connectivity index (χ3v) is 7.37. The number of hydrogen-bond acceptors (Lipinski definition) is 7. The monoisotopic (exact) mass is 555 g/mol. The van der Waals surface area contributed by atoms with Crippen LogP contribution < -0.4 is 15.5 Å². The normalized spacial score (nSPS) is 12.2. The van der Waals surface area contributed by atoms with E-state index in [1.54, 1.807) is 48.7 Å². The summed E-state index contributed by atoms with van der Waals surface area (Å²) < 4.78 is 12.7. The lowest BCUT2D eigenvalue weighted by Gasteiger charge is -2.19. The lowest BCUT2D eigenvalue weighted by molar-refractivity contribution is 0.0949. The molecule has 1 unspecified atom stereocenters. The van der Waals surface area contributed by atoms with E-state index in [9.17, 15) is 14.7 Å². The number of thioether (sulfide) groups is 1. The van der Waals surface area contributed by atoms with Gasteiger partial charge in [0.15, 0.2) is 0 Å². The van der Waals surface area contributed by atoms with Crippen molar-refractivity contribution >= 4 is 40.4 Å². The number of furan rings is 1. The van der Waals surface area contributed by atoms with Crippen LogP contribution in [0.4, 0.5) is 0 Å². The lowest BCUT2D eigenvalue weighted by atomic mass is 10.2. The van der Waals surface area contributed by atoms with Crippen molar-refractivity contribution in [1.82, 2.24) is 14.8 Å². The van der Waals surface area contributed by atoms with E-state index in [1.165, 1.54) is 6.20 Å². The Morgan fingerprint density at radius 3 is 2.61 bits per heavy atom. The summed E-state index contributed by atoms with van der Waals surface area (Å²) in [6.45, 7) is 1.10. The van der Waals surface area contributed by atoms with Crippen molar-refractivity contribution in [2.24, 2.45) is 7.05 Å². The fourth-order valence-electron chi connectivity index (χ4n) is 4.04. The maximum Gasteiger partial charge on any atom is 0.257 e. The molecule has 0 fully saturated rings. The van der Waals surface area contributed by atoms with Crippen molar-refractivity contribution in [3.05, 3.63) is 92.9 Å². The van der Waals surface area contributed by atoms with Crippen LogP contribution >= 0.6 is 23.4 Å². The summed E-state index contributed by atoms with van der Waals surface area (Å²) >= 11 is 7.47. The van der Waals surface area contributed by atoms with E-state index in [0.717, 1.165) is 16.2 Å². The highest BCUT2D eigenvalue weighted by molar-refractivity contribution is 7.99. The number of nitrogens with one attached hydrogen (secondary N) is 1. The third-order valence-electron chi connectivity index (χ3n) is 5.96. The average molecular weight is 556 g/mol. The van der Waals surface area contributed by atoms with Crippen LogP contribution in [0.2, 0.25) is 5.02 Å². The van der Waals surface area contributed by atoms with Gasteiger partial charge in [0.25, 0.3) is 5.91 Å². The first kappa shape index (κ1) is 27.8. The molecule has 200 valence electrons. The van der Waals surface area contributed by atoms with E-state index in [2.05, 4.69) is 5.32 Å².